The van der Waals surface area contributed by atoms with Crippen molar-refractivity contribution < 1.29 is 23.4 Å². The van der Waals surface area contributed by atoms with Gasteiger partial charge in [0, 0.05) is 30.4 Å². The first-order valence-electron chi connectivity index (χ1n) is 10.1. The van der Waals surface area contributed by atoms with Crippen molar-refractivity contribution in [2.24, 2.45) is 0 Å². The number of furan rings is 1. The summed E-state index contributed by atoms with van der Waals surface area (Å²) in [4.78, 5) is 12.1. The van der Waals surface area contributed by atoms with Crippen LogP contribution in [0.5, 0.6) is 17.2 Å². The van der Waals surface area contributed by atoms with E-state index < -0.39 is 0 Å². The van der Waals surface area contributed by atoms with Crippen LogP contribution in [0.4, 0.5) is 0 Å². The molecule has 0 saturated carbocycles. The summed E-state index contributed by atoms with van der Waals surface area (Å²) in [6, 6.07) is 13.2. The number of nitrogens with one attached hydrogen (secondary N) is 1. The molecule has 31 heavy (non-hydrogen) atoms. The molecule has 162 valence electrons. The van der Waals surface area contributed by atoms with Crippen LogP contribution in [-0.4, -0.2) is 32.8 Å². The summed E-state index contributed by atoms with van der Waals surface area (Å²) < 4.78 is 22.1. The van der Waals surface area contributed by atoms with Crippen molar-refractivity contribution in [1.82, 2.24) is 5.32 Å². The van der Waals surface area contributed by atoms with Gasteiger partial charge < -0.3 is 23.9 Å². The fourth-order valence-electron chi connectivity index (χ4n) is 3.70. The smallest absolute Gasteiger partial charge is 0.220 e. The summed E-state index contributed by atoms with van der Waals surface area (Å²) in [5.74, 6) is 2.90. The molecule has 2 aromatic carbocycles. The minimum Gasteiger partial charge on any atom is -0.497 e. The van der Waals surface area contributed by atoms with Gasteiger partial charge in [-0.3, -0.25) is 4.79 Å². The van der Waals surface area contributed by atoms with Gasteiger partial charge >= 0.3 is 0 Å². The zero-order valence-corrected chi connectivity index (χ0v) is 18.2. The zero-order valence-electron chi connectivity index (χ0n) is 17.4. The van der Waals surface area contributed by atoms with Crippen LogP contribution >= 0.6 is 11.6 Å². The Morgan fingerprint density at radius 3 is 2.81 bits per heavy atom. The third kappa shape index (κ3) is 4.80. The SMILES string of the molecule is COc1ccc(OC)c(-c2cc(Cl)c3c(c2)CC(CNC(=O)CCc2ccco2)O3)c1. The van der Waals surface area contributed by atoms with Crippen molar-refractivity contribution in [3.8, 4) is 28.4 Å². The predicted molar refractivity (Wildman–Crippen MR) is 118 cm³/mol. The molecular weight excluding hydrogens is 418 g/mol. The van der Waals surface area contributed by atoms with Crippen molar-refractivity contribution in [1.29, 1.82) is 0 Å². The molecule has 1 aromatic heterocycles. The van der Waals surface area contributed by atoms with E-state index in [2.05, 4.69) is 11.4 Å². The van der Waals surface area contributed by atoms with Crippen LogP contribution in [0.3, 0.4) is 0 Å². The number of methoxy groups -OCH3 is 2. The van der Waals surface area contributed by atoms with Gasteiger partial charge in [0.2, 0.25) is 5.91 Å². The molecule has 6 nitrogen and oxygen atoms in total. The monoisotopic (exact) mass is 441 g/mol. The molecule has 3 aromatic rings. The van der Waals surface area contributed by atoms with E-state index in [-0.39, 0.29) is 12.0 Å². The van der Waals surface area contributed by atoms with Gasteiger partial charge in [0.25, 0.3) is 0 Å². The van der Waals surface area contributed by atoms with Crippen molar-refractivity contribution in [3.63, 3.8) is 0 Å². The maximum atomic E-state index is 12.1. The summed E-state index contributed by atoms with van der Waals surface area (Å²) in [7, 11) is 3.26. The lowest BCUT2D eigenvalue weighted by Crippen LogP contribution is -2.34. The lowest BCUT2D eigenvalue weighted by molar-refractivity contribution is -0.121. The first-order valence-corrected chi connectivity index (χ1v) is 10.5. The Kier molecular flexibility index (Phi) is 6.37. The Labute approximate surface area is 186 Å². The number of ether oxygens (including phenoxy) is 3. The largest absolute Gasteiger partial charge is 0.497 e. The van der Waals surface area contributed by atoms with E-state index >= 15 is 0 Å². The van der Waals surface area contributed by atoms with Crippen molar-refractivity contribution in [3.05, 3.63) is 65.1 Å². The molecule has 0 fully saturated rings. The molecule has 0 bridgehead atoms. The Morgan fingerprint density at radius 1 is 1.19 bits per heavy atom. The maximum absolute atomic E-state index is 12.1. The highest BCUT2D eigenvalue weighted by Gasteiger charge is 2.27. The number of rotatable bonds is 8. The molecule has 0 saturated heterocycles. The van der Waals surface area contributed by atoms with Gasteiger partial charge in [-0.15, -0.1) is 0 Å². The number of carbonyl (C=O) groups excluding carboxylic acids is 1. The van der Waals surface area contributed by atoms with E-state index in [1.807, 2.05) is 36.4 Å². The van der Waals surface area contributed by atoms with E-state index in [4.69, 9.17) is 30.2 Å². The molecule has 2 heterocycles. The number of amides is 1. The quantitative estimate of drug-likeness (QED) is 0.550. The zero-order chi connectivity index (χ0) is 21.8. The summed E-state index contributed by atoms with van der Waals surface area (Å²) in [6.07, 6.45) is 3.04. The lowest BCUT2D eigenvalue weighted by Gasteiger charge is -2.13. The molecule has 0 aliphatic carbocycles. The van der Waals surface area contributed by atoms with Crippen molar-refractivity contribution in [2.75, 3.05) is 20.8 Å². The van der Waals surface area contributed by atoms with Gasteiger partial charge in [-0.1, -0.05) is 11.6 Å². The van der Waals surface area contributed by atoms with Crippen molar-refractivity contribution >= 4 is 17.5 Å². The predicted octanol–water partition coefficient (Wildman–Crippen LogP) is 4.67. The second-order valence-electron chi connectivity index (χ2n) is 7.34. The molecule has 1 unspecified atom stereocenters. The second kappa shape index (κ2) is 9.35. The standard InChI is InChI=1S/C24H24ClNO5/c1-28-18-5-7-22(29-2)20(13-18)15-10-16-11-19(31-24(16)21(25)12-15)14-26-23(27)8-6-17-4-3-9-30-17/h3-5,7,9-10,12-13,19H,6,8,11,14H2,1-2H3,(H,26,27). The summed E-state index contributed by atoms with van der Waals surface area (Å²) in [5, 5.41) is 3.47. The Bertz CT molecular complexity index is 1060. The molecule has 0 spiro atoms. The minimum atomic E-state index is -0.164. The number of fused-ring (bicyclic) bond motifs is 1. The van der Waals surface area contributed by atoms with Gasteiger partial charge in [-0.2, -0.15) is 0 Å². The molecule has 1 aliphatic heterocycles. The van der Waals surface area contributed by atoms with Crippen LogP contribution in [0.15, 0.2) is 53.1 Å². The summed E-state index contributed by atoms with van der Waals surface area (Å²) >= 11 is 6.53. The molecule has 1 atom stereocenters. The molecule has 4 rings (SSSR count). The third-order valence-electron chi connectivity index (χ3n) is 5.28. The Hall–Kier alpha value is -3.12. The van der Waals surface area contributed by atoms with E-state index in [1.165, 1.54) is 0 Å². The normalized spacial score (nSPS) is 14.6. The van der Waals surface area contributed by atoms with Gasteiger partial charge in [-0.25, -0.2) is 0 Å². The van der Waals surface area contributed by atoms with E-state index in [0.717, 1.165) is 33.9 Å². The molecular formula is C24H24ClNO5. The lowest BCUT2D eigenvalue weighted by atomic mass is 9.99. The Balaban J connectivity index is 1.42. The molecule has 1 aliphatic rings. The first-order chi connectivity index (χ1) is 15.1. The van der Waals surface area contributed by atoms with Crippen LogP contribution < -0.4 is 19.5 Å². The molecule has 7 heteroatoms. The molecule has 1 N–H and O–H groups in total. The topological polar surface area (TPSA) is 69.9 Å². The highest BCUT2D eigenvalue weighted by Crippen LogP contribution is 2.42. The van der Waals surface area contributed by atoms with Gasteiger partial charge in [0.1, 0.15) is 29.1 Å². The number of benzene rings is 2. The summed E-state index contributed by atoms with van der Waals surface area (Å²) in [6.45, 7) is 0.416. The minimum absolute atomic E-state index is 0.0381. The number of halogens is 1. The number of carbonyl (C=O) groups is 1. The fourth-order valence-corrected chi connectivity index (χ4v) is 3.99. The van der Waals surface area contributed by atoms with Crippen LogP contribution in [0.25, 0.3) is 11.1 Å². The maximum Gasteiger partial charge on any atom is 0.220 e. The molecule has 1 amide bonds. The average Bonchev–Trinajstić information content (AvgIpc) is 3.45. The van der Waals surface area contributed by atoms with E-state index in [9.17, 15) is 4.79 Å². The third-order valence-corrected chi connectivity index (χ3v) is 5.56. The van der Waals surface area contributed by atoms with Crippen LogP contribution in [0.2, 0.25) is 5.02 Å². The average molecular weight is 442 g/mol. The van der Waals surface area contributed by atoms with E-state index in [0.29, 0.717) is 36.6 Å². The summed E-state index contributed by atoms with van der Waals surface area (Å²) in [5.41, 5.74) is 2.81. The Morgan fingerprint density at radius 2 is 2.06 bits per heavy atom. The van der Waals surface area contributed by atoms with Gasteiger partial charge in [0.05, 0.1) is 32.1 Å². The number of aryl methyl sites for hydroxylation is 1. The van der Waals surface area contributed by atoms with Gasteiger partial charge in [-0.05, 0) is 48.0 Å². The molecule has 0 radical (unpaired) electrons. The second-order valence-corrected chi connectivity index (χ2v) is 7.75. The van der Waals surface area contributed by atoms with Crippen LogP contribution in [0.1, 0.15) is 17.7 Å². The number of hydrogen-bond acceptors (Lipinski definition) is 5. The number of hydrogen-bond donors (Lipinski definition) is 1. The highest BCUT2D eigenvalue weighted by atomic mass is 35.5. The first kappa shape index (κ1) is 21.1. The highest BCUT2D eigenvalue weighted by molar-refractivity contribution is 6.32. The van der Waals surface area contributed by atoms with Crippen LogP contribution in [-0.2, 0) is 17.6 Å². The van der Waals surface area contributed by atoms with Crippen LogP contribution in [0, 0.1) is 0 Å². The fraction of sp³-hybridized carbons (Fsp3) is 0.292. The van der Waals surface area contributed by atoms with Gasteiger partial charge in [0.15, 0.2) is 0 Å². The van der Waals surface area contributed by atoms with E-state index in [1.54, 1.807) is 20.5 Å². The van der Waals surface area contributed by atoms with Crippen molar-refractivity contribution in [2.45, 2.75) is 25.4 Å².